The van der Waals surface area contributed by atoms with Crippen molar-refractivity contribution in [2.75, 3.05) is 50.0 Å². The summed E-state index contributed by atoms with van der Waals surface area (Å²) in [6.45, 7) is 7.12. The molecule has 0 radical (unpaired) electrons. The van der Waals surface area contributed by atoms with Crippen LogP contribution in [0.1, 0.15) is 13.3 Å². The van der Waals surface area contributed by atoms with Crippen molar-refractivity contribution in [1.82, 2.24) is 24.6 Å². The average Bonchev–Trinajstić information content (AvgIpc) is 2.87. The van der Waals surface area contributed by atoms with Crippen molar-refractivity contribution in [2.45, 2.75) is 13.3 Å². The van der Waals surface area contributed by atoms with E-state index in [0.29, 0.717) is 5.95 Å². The van der Waals surface area contributed by atoms with Gasteiger partial charge >= 0.3 is 0 Å². The average molecular weight is 326 g/mol. The molecule has 0 bridgehead atoms. The Labute approximate surface area is 137 Å². The maximum absolute atomic E-state index is 4.73. The van der Waals surface area contributed by atoms with Gasteiger partial charge in [0.25, 0.3) is 0 Å². The molecule has 3 heterocycles. The third kappa shape index (κ3) is 3.25. The van der Waals surface area contributed by atoms with E-state index in [1.807, 2.05) is 17.9 Å². The lowest BCUT2D eigenvalue weighted by Gasteiger charge is -2.33. The summed E-state index contributed by atoms with van der Waals surface area (Å²) in [5.74, 6) is 1.70. The fourth-order valence-electron chi connectivity index (χ4n) is 2.58. The minimum Gasteiger partial charge on any atom is -0.354 e. The van der Waals surface area contributed by atoms with Crippen molar-refractivity contribution in [2.24, 2.45) is 7.05 Å². The highest BCUT2D eigenvalue weighted by molar-refractivity contribution is 5.88. The number of rotatable bonds is 4. The van der Waals surface area contributed by atoms with Gasteiger partial charge in [-0.25, -0.2) is 0 Å². The number of aryl methyl sites for hydroxylation is 1. The van der Waals surface area contributed by atoms with Crippen molar-refractivity contribution < 1.29 is 0 Å². The van der Waals surface area contributed by atoms with Crippen LogP contribution in [-0.4, -0.2) is 64.4 Å². The molecule has 1 fully saturated rings. The lowest BCUT2D eigenvalue weighted by molar-refractivity contribution is 0.312. The number of nitrogens with one attached hydrogen (secondary N) is 1. The van der Waals surface area contributed by atoms with Crippen molar-refractivity contribution >= 4 is 35.2 Å². The predicted octanol–water partition coefficient (Wildman–Crippen LogP) is 1.36. The molecule has 22 heavy (non-hydrogen) atoms. The van der Waals surface area contributed by atoms with E-state index in [0.717, 1.165) is 56.0 Å². The molecule has 0 spiro atoms. The van der Waals surface area contributed by atoms with Crippen LogP contribution in [0.4, 0.5) is 11.8 Å². The molecule has 0 aliphatic carbocycles. The highest BCUT2D eigenvalue weighted by Gasteiger charge is 2.20. The number of anilines is 2. The van der Waals surface area contributed by atoms with Crippen molar-refractivity contribution in [1.29, 1.82) is 0 Å². The molecule has 8 heteroatoms. The Balaban J connectivity index is 0.00000176. The van der Waals surface area contributed by atoms with E-state index < -0.39 is 0 Å². The quantitative estimate of drug-likeness (QED) is 0.916. The van der Waals surface area contributed by atoms with Gasteiger partial charge in [-0.3, -0.25) is 4.68 Å². The van der Waals surface area contributed by atoms with E-state index in [2.05, 4.69) is 39.2 Å². The number of piperazine rings is 1. The maximum Gasteiger partial charge on any atom is 0.226 e. The first kappa shape index (κ1) is 16.8. The van der Waals surface area contributed by atoms with Gasteiger partial charge in [0, 0.05) is 39.8 Å². The summed E-state index contributed by atoms with van der Waals surface area (Å²) in [7, 11) is 4.08. The Morgan fingerprint density at radius 1 is 1.14 bits per heavy atom. The second-order valence-corrected chi connectivity index (χ2v) is 5.59. The molecular formula is C14H24ClN7. The van der Waals surface area contributed by atoms with Gasteiger partial charge in [-0.1, -0.05) is 6.92 Å². The summed E-state index contributed by atoms with van der Waals surface area (Å²) in [5, 5.41) is 8.66. The fraction of sp³-hybridized carbons (Fsp3) is 0.643. The molecule has 7 nitrogen and oxygen atoms in total. The van der Waals surface area contributed by atoms with E-state index >= 15 is 0 Å². The van der Waals surface area contributed by atoms with Crippen molar-refractivity contribution in [3.63, 3.8) is 0 Å². The van der Waals surface area contributed by atoms with Gasteiger partial charge in [-0.05, 0) is 13.5 Å². The Morgan fingerprint density at radius 3 is 2.55 bits per heavy atom. The molecule has 0 amide bonds. The lowest BCUT2D eigenvalue weighted by Crippen LogP contribution is -2.45. The Hall–Kier alpha value is -1.60. The third-order valence-corrected chi connectivity index (χ3v) is 3.91. The first-order chi connectivity index (χ1) is 10.2. The lowest BCUT2D eigenvalue weighted by atomic mass is 10.3. The van der Waals surface area contributed by atoms with Crippen LogP contribution in [0.2, 0.25) is 0 Å². The highest BCUT2D eigenvalue weighted by atomic mass is 35.5. The summed E-state index contributed by atoms with van der Waals surface area (Å²) in [6.07, 6.45) is 2.92. The SMILES string of the molecule is CCCNc1nc(N2CCN(C)CC2)c2cnn(C)c2n1.Cl. The van der Waals surface area contributed by atoms with Gasteiger partial charge in [0.05, 0.1) is 11.6 Å². The molecule has 122 valence electrons. The molecule has 0 atom stereocenters. The minimum atomic E-state index is 0. The van der Waals surface area contributed by atoms with E-state index in [4.69, 9.17) is 4.98 Å². The maximum atomic E-state index is 4.73. The highest BCUT2D eigenvalue weighted by Crippen LogP contribution is 2.25. The molecule has 0 aromatic carbocycles. The normalized spacial score (nSPS) is 15.9. The first-order valence-corrected chi connectivity index (χ1v) is 7.56. The topological polar surface area (TPSA) is 62.1 Å². The van der Waals surface area contributed by atoms with Crippen LogP contribution < -0.4 is 10.2 Å². The second-order valence-electron chi connectivity index (χ2n) is 5.59. The first-order valence-electron chi connectivity index (χ1n) is 7.56. The summed E-state index contributed by atoms with van der Waals surface area (Å²) >= 11 is 0. The molecular weight excluding hydrogens is 302 g/mol. The Kier molecular flexibility index (Phi) is 5.42. The van der Waals surface area contributed by atoms with Gasteiger partial charge in [0.15, 0.2) is 5.65 Å². The summed E-state index contributed by atoms with van der Waals surface area (Å²) in [5.41, 5.74) is 0.887. The molecule has 1 aliphatic rings. The van der Waals surface area contributed by atoms with Crippen LogP contribution in [0.5, 0.6) is 0 Å². The molecule has 3 rings (SSSR count). The minimum absolute atomic E-state index is 0. The molecule has 0 unspecified atom stereocenters. The molecule has 1 saturated heterocycles. The summed E-state index contributed by atoms with van der Waals surface area (Å²) < 4.78 is 1.81. The van der Waals surface area contributed by atoms with E-state index in [1.54, 1.807) is 0 Å². The number of aromatic nitrogens is 4. The molecule has 2 aromatic heterocycles. The number of hydrogen-bond donors (Lipinski definition) is 1. The van der Waals surface area contributed by atoms with Gasteiger partial charge in [0.1, 0.15) is 5.82 Å². The summed E-state index contributed by atoms with van der Waals surface area (Å²) in [4.78, 5) is 14.0. The third-order valence-electron chi connectivity index (χ3n) is 3.91. The zero-order chi connectivity index (χ0) is 14.8. The standard InChI is InChI=1S/C14H23N7.ClH/c1-4-5-15-14-17-12-11(10-16-20(12)3)13(18-14)21-8-6-19(2)7-9-21;/h10H,4-9H2,1-3H3,(H,15,17,18);1H. The van der Waals surface area contributed by atoms with Crippen LogP contribution in [-0.2, 0) is 7.05 Å². The monoisotopic (exact) mass is 325 g/mol. The zero-order valence-electron chi connectivity index (χ0n) is 13.4. The van der Waals surface area contributed by atoms with E-state index in [-0.39, 0.29) is 12.4 Å². The van der Waals surface area contributed by atoms with Crippen molar-refractivity contribution in [3.8, 4) is 0 Å². The Bertz CT molecular complexity index is 619. The number of hydrogen-bond acceptors (Lipinski definition) is 6. The largest absolute Gasteiger partial charge is 0.354 e. The second kappa shape index (κ2) is 7.11. The van der Waals surface area contributed by atoms with Crippen molar-refractivity contribution in [3.05, 3.63) is 6.20 Å². The fourth-order valence-corrected chi connectivity index (χ4v) is 2.58. The smallest absolute Gasteiger partial charge is 0.226 e. The predicted molar refractivity (Wildman–Crippen MR) is 92.0 cm³/mol. The van der Waals surface area contributed by atoms with Gasteiger partial charge in [-0.15, -0.1) is 12.4 Å². The number of halogens is 1. The molecule has 1 aliphatic heterocycles. The molecule has 0 saturated carbocycles. The molecule has 2 aromatic rings. The van der Waals surface area contributed by atoms with Gasteiger partial charge in [-0.2, -0.15) is 15.1 Å². The van der Waals surface area contributed by atoms with Gasteiger partial charge in [0.2, 0.25) is 5.95 Å². The Morgan fingerprint density at radius 2 is 1.86 bits per heavy atom. The van der Waals surface area contributed by atoms with E-state index in [1.165, 1.54) is 0 Å². The summed E-state index contributed by atoms with van der Waals surface area (Å²) in [6, 6.07) is 0. The van der Waals surface area contributed by atoms with Crippen LogP contribution in [0.3, 0.4) is 0 Å². The van der Waals surface area contributed by atoms with Gasteiger partial charge < -0.3 is 15.1 Å². The van der Waals surface area contributed by atoms with Crippen LogP contribution in [0.25, 0.3) is 11.0 Å². The molecule has 1 N–H and O–H groups in total. The number of likely N-dealkylation sites (N-methyl/N-ethyl adjacent to an activating group) is 1. The number of fused-ring (bicyclic) bond motifs is 1. The zero-order valence-corrected chi connectivity index (χ0v) is 14.2. The van der Waals surface area contributed by atoms with Crippen LogP contribution in [0, 0.1) is 0 Å². The van der Waals surface area contributed by atoms with E-state index in [9.17, 15) is 0 Å². The number of nitrogens with zero attached hydrogens (tertiary/aromatic N) is 6. The van der Waals surface area contributed by atoms with Crippen LogP contribution in [0.15, 0.2) is 6.20 Å². The van der Waals surface area contributed by atoms with Crippen LogP contribution >= 0.6 is 12.4 Å².